The maximum absolute atomic E-state index is 5.89. The second-order valence-corrected chi connectivity index (χ2v) is 5.21. The van der Waals surface area contributed by atoms with Gasteiger partial charge in [-0.05, 0) is 50.8 Å². The monoisotopic (exact) mass is 280 g/mol. The van der Waals surface area contributed by atoms with E-state index in [2.05, 4.69) is 31.4 Å². The number of methoxy groups -OCH3 is 1. The predicted octanol–water partition coefficient (Wildman–Crippen LogP) is 2.66. The lowest BCUT2D eigenvalue weighted by Gasteiger charge is -2.36. The Balaban J connectivity index is 2.63. The summed E-state index contributed by atoms with van der Waals surface area (Å²) in [6.45, 7) is 6.97. The lowest BCUT2D eigenvalue weighted by molar-refractivity contribution is -0.0569. The molecule has 0 aliphatic carbocycles. The van der Waals surface area contributed by atoms with E-state index < -0.39 is 0 Å². The fraction of sp³-hybridized carbons (Fsp3) is 0.625. The summed E-state index contributed by atoms with van der Waals surface area (Å²) >= 11 is 0. The number of nitrogens with one attached hydrogen (secondary N) is 1. The number of rotatable bonds is 9. The van der Waals surface area contributed by atoms with Crippen LogP contribution in [0, 0.1) is 0 Å². The zero-order valence-corrected chi connectivity index (χ0v) is 13.1. The van der Waals surface area contributed by atoms with Gasteiger partial charge in [0.25, 0.3) is 0 Å². The molecule has 0 aromatic heterocycles. The van der Waals surface area contributed by atoms with E-state index in [-0.39, 0.29) is 11.6 Å². The van der Waals surface area contributed by atoms with Crippen LogP contribution in [-0.4, -0.2) is 25.4 Å². The van der Waals surface area contributed by atoms with Gasteiger partial charge in [-0.25, -0.2) is 0 Å². The highest BCUT2D eigenvalue weighted by Crippen LogP contribution is 2.23. The van der Waals surface area contributed by atoms with Crippen molar-refractivity contribution in [1.29, 1.82) is 0 Å². The average molecular weight is 280 g/mol. The first-order valence-electron chi connectivity index (χ1n) is 7.32. The Kier molecular flexibility index (Phi) is 6.99. The fourth-order valence-corrected chi connectivity index (χ4v) is 2.45. The van der Waals surface area contributed by atoms with Crippen LogP contribution in [0.4, 0.5) is 0 Å². The number of benzene rings is 1. The van der Waals surface area contributed by atoms with Crippen LogP contribution >= 0.6 is 0 Å². The molecule has 1 aromatic carbocycles. The molecule has 0 saturated heterocycles. The minimum absolute atomic E-state index is 0.134. The summed E-state index contributed by atoms with van der Waals surface area (Å²) in [6, 6.07) is 8.30. The summed E-state index contributed by atoms with van der Waals surface area (Å²) in [5, 5.41) is 0. The Labute approximate surface area is 122 Å². The number of ether oxygens (including phenoxy) is 2. The molecule has 0 amide bonds. The molecular weight excluding hydrogens is 252 g/mol. The number of nitrogens with two attached hydrogens (primary N) is 1. The molecule has 0 spiro atoms. The van der Waals surface area contributed by atoms with Gasteiger partial charge in [-0.15, -0.1) is 0 Å². The number of hydrazine groups is 1. The van der Waals surface area contributed by atoms with Crippen LogP contribution in [0.1, 0.15) is 39.2 Å². The minimum Gasteiger partial charge on any atom is -0.497 e. The van der Waals surface area contributed by atoms with E-state index in [1.165, 1.54) is 5.56 Å². The third-order valence-corrected chi connectivity index (χ3v) is 4.00. The Morgan fingerprint density at radius 2 is 1.90 bits per heavy atom. The van der Waals surface area contributed by atoms with Crippen molar-refractivity contribution in [2.75, 3.05) is 13.7 Å². The molecule has 0 saturated carbocycles. The van der Waals surface area contributed by atoms with Gasteiger partial charge in [-0.1, -0.05) is 19.1 Å². The zero-order valence-electron chi connectivity index (χ0n) is 13.1. The molecule has 1 rings (SSSR count). The van der Waals surface area contributed by atoms with Crippen LogP contribution in [0.15, 0.2) is 24.3 Å². The molecule has 2 unspecified atom stereocenters. The number of aryl methyl sites for hydroxylation is 1. The summed E-state index contributed by atoms with van der Waals surface area (Å²) in [5.74, 6) is 6.61. The van der Waals surface area contributed by atoms with Gasteiger partial charge in [0.2, 0.25) is 0 Å². The lowest BCUT2D eigenvalue weighted by atomic mass is 9.89. The smallest absolute Gasteiger partial charge is 0.118 e. The first-order valence-corrected chi connectivity index (χ1v) is 7.32. The molecule has 0 bridgehead atoms. The van der Waals surface area contributed by atoms with Crippen LogP contribution in [-0.2, 0) is 11.2 Å². The SMILES string of the molecule is CCOC(C)(CC)C(CCc1ccc(OC)cc1)NN. The van der Waals surface area contributed by atoms with Crippen molar-refractivity contribution >= 4 is 0 Å². The standard InChI is InChI=1S/C16H28N2O2/c1-5-16(3,20-6-2)15(18-17)12-9-13-7-10-14(19-4)11-8-13/h7-8,10-11,15,18H,5-6,9,12,17H2,1-4H3. The van der Waals surface area contributed by atoms with Gasteiger partial charge >= 0.3 is 0 Å². The van der Waals surface area contributed by atoms with Gasteiger partial charge in [-0.3, -0.25) is 11.3 Å². The fourth-order valence-electron chi connectivity index (χ4n) is 2.45. The molecule has 0 aliphatic rings. The molecule has 0 heterocycles. The summed E-state index contributed by atoms with van der Waals surface area (Å²) in [5.41, 5.74) is 3.97. The van der Waals surface area contributed by atoms with Gasteiger partial charge in [0, 0.05) is 6.61 Å². The van der Waals surface area contributed by atoms with Crippen molar-refractivity contribution in [1.82, 2.24) is 5.43 Å². The van der Waals surface area contributed by atoms with E-state index >= 15 is 0 Å². The summed E-state index contributed by atoms with van der Waals surface area (Å²) in [6.07, 6.45) is 2.83. The second kappa shape index (κ2) is 8.25. The van der Waals surface area contributed by atoms with Gasteiger partial charge < -0.3 is 9.47 Å². The molecule has 1 aromatic rings. The molecule has 114 valence electrons. The van der Waals surface area contributed by atoms with E-state index in [1.54, 1.807) is 7.11 Å². The quantitative estimate of drug-likeness (QED) is 0.539. The normalized spacial score (nSPS) is 15.7. The first kappa shape index (κ1) is 17.0. The minimum atomic E-state index is -0.226. The Bertz CT molecular complexity index is 381. The average Bonchev–Trinajstić information content (AvgIpc) is 2.48. The predicted molar refractivity (Wildman–Crippen MR) is 82.7 cm³/mol. The van der Waals surface area contributed by atoms with E-state index in [9.17, 15) is 0 Å². The molecule has 3 N–H and O–H groups in total. The number of hydrogen-bond donors (Lipinski definition) is 2. The van der Waals surface area contributed by atoms with Crippen molar-refractivity contribution in [2.24, 2.45) is 5.84 Å². The van der Waals surface area contributed by atoms with Crippen molar-refractivity contribution in [3.63, 3.8) is 0 Å². The third-order valence-electron chi connectivity index (χ3n) is 4.00. The van der Waals surface area contributed by atoms with Gasteiger partial charge in [0.05, 0.1) is 18.8 Å². The summed E-state index contributed by atoms with van der Waals surface area (Å²) in [7, 11) is 1.68. The highest BCUT2D eigenvalue weighted by atomic mass is 16.5. The Morgan fingerprint density at radius 1 is 1.25 bits per heavy atom. The third kappa shape index (κ3) is 4.47. The van der Waals surface area contributed by atoms with Crippen molar-refractivity contribution in [2.45, 2.75) is 51.7 Å². The van der Waals surface area contributed by atoms with Crippen LogP contribution in [0.25, 0.3) is 0 Å². The van der Waals surface area contributed by atoms with Crippen LogP contribution in [0.3, 0.4) is 0 Å². The van der Waals surface area contributed by atoms with E-state index in [0.717, 1.165) is 25.0 Å². The van der Waals surface area contributed by atoms with Crippen LogP contribution < -0.4 is 16.0 Å². The van der Waals surface area contributed by atoms with Gasteiger partial charge in [0.15, 0.2) is 0 Å². The molecule has 0 radical (unpaired) electrons. The largest absolute Gasteiger partial charge is 0.497 e. The van der Waals surface area contributed by atoms with E-state index in [1.807, 2.05) is 19.1 Å². The Hall–Kier alpha value is -1.10. The van der Waals surface area contributed by atoms with Gasteiger partial charge in [-0.2, -0.15) is 0 Å². The summed E-state index contributed by atoms with van der Waals surface area (Å²) < 4.78 is 11.1. The molecule has 4 nitrogen and oxygen atoms in total. The maximum Gasteiger partial charge on any atom is 0.118 e. The van der Waals surface area contributed by atoms with Crippen molar-refractivity contribution < 1.29 is 9.47 Å². The zero-order chi connectivity index (χ0) is 15.0. The van der Waals surface area contributed by atoms with Crippen molar-refractivity contribution in [3.8, 4) is 5.75 Å². The van der Waals surface area contributed by atoms with Crippen molar-refractivity contribution in [3.05, 3.63) is 29.8 Å². The highest BCUT2D eigenvalue weighted by Gasteiger charge is 2.32. The highest BCUT2D eigenvalue weighted by molar-refractivity contribution is 5.27. The molecular formula is C16H28N2O2. The molecule has 4 heteroatoms. The van der Waals surface area contributed by atoms with E-state index in [0.29, 0.717) is 6.61 Å². The van der Waals surface area contributed by atoms with Crippen LogP contribution in [0.2, 0.25) is 0 Å². The topological polar surface area (TPSA) is 56.5 Å². The second-order valence-electron chi connectivity index (χ2n) is 5.21. The first-order chi connectivity index (χ1) is 9.59. The maximum atomic E-state index is 5.89. The number of hydrogen-bond acceptors (Lipinski definition) is 4. The molecule has 2 atom stereocenters. The summed E-state index contributed by atoms with van der Waals surface area (Å²) in [4.78, 5) is 0. The van der Waals surface area contributed by atoms with Gasteiger partial charge in [0.1, 0.15) is 5.75 Å². The molecule has 0 aliphatic heterocycles. The Morgan fingerprint density at radius 3 is 2.35 bits per heavy atom. The molecule has 20 heavy (non-hydrogen) atoms. The lowest BCUT2D eigenvalue weighted by Crippen LogP contribution is -2.53. The molecule has 0 fully saturated rings. The van der Waals surface area contributed by atoms with Crippen LogP contribution in [0.5, 0.6) is 5.75 Å². The van der Waals surface area contributed by atoms with E-state index in [4.69, 9.17) is 15.3 Å².